The average molecular weight is 245 g/mol. The molecule has 1 aliphatic rings. The molecule has 4 nitrogen and oxygen atoms in total. The monoisotopic (exact) mass is 245 g/mol. The van der Waals surface area contributed by atoms with Crippen molar-refractivity contribution < 1.29 is 18.7 Å². The highest BCUT2D eigenvalue weighted by atomic mass is 19.1. The third-order valence-electron chi connectivity index (χ3n) is 2.40. The van der Waals surface area contributed by atoms with E-state index in [-0.39, 0.29) is 6.54 Å². The highest BCUT2D eigenvalue weighted by molar-refractivity contribution is 5.68. The zero-order valence-electron chi connectivity index (χ0n) is 10.6. The van der Waals surface area contributed by atoms with Crippen LogP contribution < -0.4 is 0 Å². The lowest BCUT2D eigenvalue weighted by molar-refractivity contribution is -0.0222. The number of hydrogen-bond donors (Lipinski definition) is 0. The van der Waals surface area contributed by atoms with Crippen molar-refractivity contribution in [2.24, 2.45) is 0 Å². The van der Waals surface area contributed by atoms with Crippen molar-refractivity contribution in [3.63, 3.8) is 0 Å². The Hall–Kier alpha value is -1.26. The molecule has 0 aromatic heterocycles. The first-order valence-corrected chi connectivity index (χ1v) is 5.72. The van der Waals surface area contributed by atoms with Gasteiger partial charge >= 0.3 is 6.09 Å². The number of hydrogen-bond acceptors (Lipinski definition) is 3. The van der Waals surface area contributed by atoms with Crippen molar-refractivity contribution in [3.05, 3.63) is 12.8 Å². The Labute approximate surface area is 101 Å². The molecule has 0 radical (unpaired) electrons. The number of amides is 1. The Kier molecular flexibility index (Phi) is 4.37. The van der Waals surface area contributed by atoms with Gasteiger partial charge in [0, 0.05) is 13.0 Å². The Bertz CT molecular complexity index is 288. The third kappa shape index (κ3) is 4.24. The summed E-state index contributed by atoms with van der Waals surface area (Å²) < 4.78 is 23.9. The molecule has 0 unspecified atom stereocenters. The number of carbonyl (C=O) groups is 1. The Balaban J connectivity index is 2.49. The van der Waals surface area contributed by atoms with Gasteiger partial charge in [-0.2, -0.15) is 0 Å². The number of piperidine rings is 1. The van der Waals surface area contributed by atoms with Crippen molar-refractivity contribution >= 4 is 6.09 Å². The fourth-order valence-electron chi connectivity index (χ4n) is 1.65. The topological polar surface area (TPSA) is 38.8 Å². The summed E-state index contributed by atoms with van der Waals surface area (Å²) in [5, 5.41) is 0. The van der Waals surface area contributed by atoms with Crippen molar-refractivity contribution in [2.45, 2.75) is 45.1 Å². The molecule has 98 valence electrons. The normalized spacial score (nSPS) is 25.3. The number of alkyl halides is 1. The molecule has 0 aliphatic carbocycles. The SMILES string of the molecule is C=CO[C@@H]1CCN(C(=O)OC(C)(C)C)C[C@H]1F. The predicted octanol–water partition coefficient (Wildman–Crippen LogP) is 2.49. The van der Waals surface area contributed by atoms with Crippen LogP contribution in [0.2, 0.25) is 0 Å². The molecule has 1 heterocycles. The highest BCUT2D eigenvalue weighted by Gasteiger charge is 2.34. The Morgan fingerprint density at radius 3 is 2.65 bits per heavy atom. The second-order valence-electron chi connectivity index (χ2n) is 5.07. The molecule has 1 rings (SSSR count). The van der Waals surface area contributed by atoms with Crippen molar-refractivity contribution in [3.8, 4) is 0 Å². The van der Waals surface area contributed by atoms with E-state index in [2.05, 4.69) is 6.58 Å². The summed E-state index contributed by atoms with van der Waals surface area (Å²) in [6, 6.07) is 0. The lowest BCUT2D eigenvalue weighted by Gasteiger charge is -2.35. The van der Waals surface area contributed by atoms with E-state index < -0.39 is 24.0 Å². The van der Waals surface area contributed by atoms with E-state index in [0.29, 0.717) is 13.0 Å². The van der Waals surface area contributed by atoms with Crippen LogP contribution in [0.5, 0.6) is 0 Å². The van der Waals surface area contributed by atoms with Crippen LogP contribution in [0, 0.1) is 0 Å². The van der Waals surface area contributed by atoms with E-state index >= 15 is 0 Å². The van der Waals surface area contributed by atoms with E-state index in [9.17, 15) is 9.18 Å². The number of halogens is 1. The first-order valence-electron chi connectivity index (χ1n) is 5.72. The molecule has 1 amide bonds. The summed E-state index contributed by atoms with van der Waals surface area (Å²) in [4.78, 5) is 13.1. The van der Waals surface area contributed by atoms with Gasteiger partial charge in [-0.3, -0.25) is 0 Å². The quantitative estimate of drug-likeness (QED) is 0.702. The standard InChI is InChI=1S/C12H20FNO3/c1-5-16-10-6-7-14(8-9(10)13)11(15)17-12(2,3)4/h5,9-10H,1,6-8H2,2-4H3/t9-,10-/m1/s1. The minimum atomic E-state index is -1.20. The van der Waals surface area contributed by atoms with Crippen molar-refractivity contribution in [2.75, 3.05) is 13.1 Å². The van der Waals surface area contributed by atoms with Gasteiger partial charge in [-0.05, 0) is 20.8 Å². The van der Waals surface area contributed by atoms with Crippen LogP contribution in [-0.2, 0) is 9.47 Å². The highest BCUT2D eigenvalue weighted by Crippen LogP contribution is 2.19. The van der Waals surface area contributed by atoms with Gasteiger partial charge < -0.3 is 14.4 Å². The zero-order chi connectivity index (χ0) is 13.1. The van der Waals surface area contributed by atoms with Gasteiger partial charge in [0.15, 0.2) is 6.17 Å². The van der Waals surface area contributed by atoms with Crippen LogP contribution in [-0.4, -0.2) is 42.0 Å². The third-order valence-corrected chi connectivity index (χ3v) is 2.40. The first-order chi connectivity index (χ1) is 7.83. The van der Waals surface area contributed by atoms with Gasteiger partial charge in [0.05, 0.1) is 12.8 Å². The van der Waals surface area contributed by atoms with Gasteiger partial charge in [-0.15, -0.1) is 0 Å². The van der Waals surface area contributed by atoms with Crippen LogP contribution in [0.1, 0.15) is 27.2 Å². The first kappa shape index (κ1) is 13.8. The molecule has 0 saturated carbocycles. The van der Waals surface area contributed by atoms with Gasteiger partial charge in [0.1, 0.15) is 11.7 Å². The summed E-state index contributed by atoms with van der Waals surface area (Å²) in [6.07, 6.45) is -0.495. The van der Waals surface area contributed by atoms with Gasteiger partial charge in [-0.25, -0.2) is 9.18 Å². The molecule has 2 atom stereocenters. The zero-order valence-corrected chi connectivity index (χ0v) is 10.6. The smallest absolute Gasteiger partial charge is 0.410 e. The van der Waals surface area contributed by atoms with E-state index in [1.54, 1.807) is 20.8 Å². The lowest BCUT2D eigenvalue weighted by Crippen LogP contribution is -2.49. The van der Waals surface area contributed by atoms with Gasteiger partial charge in [-0.1, -0.05) is 6.58 Å². The molecule has 0 aromatic rings. The number of ether oxygens (including phenoxy) is 2. The molecular weight excluding hydrogens is 225 g/mol. The molecule has 1 fully saturated rings. The molecule has 1 aliphatic heterocycles. The molecule has 0 N–H and O–H groups in total. The summed E-state index contributed by atoms with van der Waals surface area (Å²) in [5.41, 5.74) is -0.558. The second kappa shape index (κ2) is 5.38. The van der Waals surface area contributed by atoms with Crippen molar-refractivity contribution in [1.82, 2.24) is 4.90 Å². The molecule has 17 heavy (non-hydrogen) atoms. The second-order valence-corrected chi connectivity index (χ2v) is 5.07. The number of rotatable bonds is 2. The molecule has 0 bridgehead atoms. The largest absolute Gasteiger partial charge is 0.495 e. The van der Waals surface area contributed by atoms with Crippen LogP contribution in [0.3, 0.4) is 0 Å². The fourth-order valence-corrected chi connectivity index (χ4v) is 1.65. The number of nitrogens with zero attached hydrogens (tertiary/aromatic N) is 1. The van der Waals surface area contributed by atoms with E-state index in [0.717, 1.165) is 0 Å². The fraction of sp³-hybridized carbons (Fsp3) is 0.750. The molecule has 0 aromatic carbocycles. The van der Waals surface area contributed by atoms with Crippen LogP contribution in [0.25, 0.3) is 0 Å². The minimum absolute atomic E-state index is 0.00736. The summed E-state index contributed by atoms with van der Waals surface area (Å²) >= 11 is 0. The summed E-state index contributed by atoms with van der Waals surface area (Å²) in [7, 11) is 0. The maximum Gasteiger partial charge on any atom is 0.410 e. The van der Waals surface area contributed by atoms with E-state index in [1.165, 1.54) is 11.2 Å². The molecule has 5 heteroatoms. The number of carbonyl (C=O) groups excluding carboxylic acids is 1. The maximum absolute atomic E-state index is 13.7. The number of likely N-dealkylation sites (tertiary alicyclic amines) is 1. The maximum atomic E-state index is 13.7. The van der Waals surface area contributed by atoms with Crippen LogP contribution >= 0.6 is 0 Å². The van der Waals surface area contributed by atoms with Gasteiger partial charge in [0.25, 0.3) is 0 Å². The Morgan fingerprint density at radius 2 is 2.18 bits per heavy atom. The van der Waals surface area contributed by atoms with E-state index in [1.807, 2.05) is 0 Å². The van der Waals surface area contributed by atoms with Gasteiger partial charge in [0.2, 0.25) is 0 Å². The Morgan fingerprint density at radius 1 is 1.53 bits per heavy atom. The average Bonchev–Trinajstić information content (AvgIpc) is 2.18. The van der Waals surface area contributed by atoms with Crippen LogP contribution in [0.15, 0.2) is 12.8 Å². The van der Waals surface area contributed by atoms with E-state index in [4.69, 9.17) is 9.47 Å². The predicted molar refractivity (Wildman–Crippen MR) is 62.4 cm³/mol. The molecule has 1 saturated heterocycles. The van der Waals surface area contributed by atoms with Crippen LogP contribution in [0.4, 0.5) is 9.18 Å². The lowest BCUT2D eigenvalue weighted by atomic mass is 10.1. The summed E-state index contributed by atoms with van der Waals surface area (Å²) in [6.45, 7) is 9.19. The molecular formula is C12H20FNO3. The minimum Gasteiger partial charge on any atom is -0.495 e. The summed E-state index contributed by atoms with van der Waals surface area (Å²) in [5.74, 6) is 0. The molecule has 0 spiro atoms. The van der Waals surface area contributed by atoms with Crippen molar-refractivity contribution in [1.29, 1.82) is 0 Å².